The van der Waals surface area contributed by atoms with Crippen LogP contribution in [0.1, 0.15) is 106 Å². The summed E-state index contributed by atoms with van der Waals surface area (Å²) in [6.45, 7) is 9.32. The van der Waals surface area contributed by atoms with Crippen molar-refractivity contribution in [3.63, 3.8) is 0 Å². The first kappa shape index (κ1) is 39.4. The summed E-state index contributed by atoms with van der Waals surface area (Å²) in [4.78, 5) is 49.2. The van der Waals surface area contributed by atoms with Gasteiger partial charge in [0.25, 0.3) is 0 Å². The molecule has 1 saturated carbocycles. The number of esters is 4. The summed E-state index contributed by atoms with van der Waals surface area (Å²) >= 11 is 0. The van der Waals surface area contributed by atoms with Crippen molar-refractivity contribution in [1.29, 1.82) is 0 Å². The van der Waals surface area contributed by atoms with Crippen molar-refractivity contribution in [2.45, 2.75) is 96.6 Å². The van der Waals surface area contributed by atoms with Gasteiger partial charge in [-0.3, -0.25) is 0 Å². The maximum atomic E-state index is 13.0. The van der Waals surface area contributed by atoms with Gasteiger partial charge in [-0.05, 0) is 106 Å². The molecule has 2 fully saturated rings. The zero-order valence-corrected chi connectivity index (χ0v) is 30.9. The second-order valence-corrected chi connectivity index (χ2v) is 13.6. The van der Waals surface area contributed by atoms with Crippen molar-refractivity contribution in [2.24, 2.45) is 5.92 Å². The Morgan fingerprint density at radius 2 is 1.23 bits per heavy atom. The fourth-order valence-corrected chi connectivity index (χ4v) is 6.80. The van der Waals surface area contributed by atoms with E-state index in [0.717, 1.165) is 29.9 Å². The van der Waals surface area contributed by atoms with Crippen LogP contribution in [0.4, 0.5) is 0 Å². The largest absolute Gasteiger partial charge is 0.464 e. The van der Waals surface area contributed by atoms with E-state index in [0.29, 0.717) is 35.0 Å². The summed E-state index contributed by atoms with van der Waals surface area (Å²) in [6.07, 6.45) is 5.76. The number of ether oxygens (including phenoxy) is 6. The van der Waals surface area contributed by atoms with E-state index in [4.69, 9.17) is 28.4 Å². The number of hydrogen-bond acceptors (Lipinski definition) is 10. The Kier molecular flexibility index (Phi) is 14.4. The number of benzene rings is 3. The van der Waals surface area contributed by atoms with Gasteiger partial charge in [-0.2, -0.15) is 0 Å². The fraction of sp³-hybridized carbons (Fsp3) is 0.442. The maximum Gasteiger partial charge on any atom is 0.343 e. The molecule has 5 rings (SSSR count). The molecule has 2 aliphatic rings. The number of unbranched alkanes of at least 4 members (excludes halogenated alkanes) is 2. The molecule has 0 bridgehead atoms. The Labute approximate surface area is 311 Å². The Bertz CT molecular complexity index is 1660. The highest BCUT2D eigenvalue weighted by molar-refractivity contribution is 5.91. The molecule has 0 N–H and O–H groups in total. The average Bonchev–Trinajstić information content (AvgIpc) is 3.63. The van der Waals surface area contributed by atoms with Gasteiger partial charge >= 0.3 is 23.9 Å². The monoisotopic (exact) mass is 726 g/mol. The van der Waals surface area contributed by atoms with Crippen LogP contribution in [0.3, 0.4) is 0 Å². The first-order chi connectivity index (χ1) is 25.7. The second kappa shape index (κ2) is 19.3. The molecule has 0 radical (unpaired) electrons. The normalized spacial score (nSPS) is 20.0. The van der Waals surface area contributed by atoms with Gasteiger partial charge in [0, 0.05) is 11.1 Å². The van der Waals surface area contributed by atoms with Gasteiger partial charge < -0.3 is 28.4 Å². The lowest BCUT2D eigenvalue weighted by molar-refractivity contribution is -0.163. The predicted molar refractivity (Wildman–Crippen MR) is 198 cm³/mol. The average molecular weight is 727 g/mol. The second-order valence-electron chi connectivity index (χ2n) is 13.6. The van der Waals surface area contributed by atoms with Crippen LogP contribution in [-0.2, 0) is 38.1 Å². The van der Waals surface area contributed by atoms with Crippen LogP contribution in [0.25, 0.3) is 11.1 Å². The first-order valence-electron chi connectivity index (χ1n) is 18.7. The van der Waals surface area contributed by atoms with E-state index in [1.165, 1.54) is 44.1 Å². The minimum atomic E-state index is -1.26. The van der Waals surface area contributed by atoms with Crippen molar-refractivity contribution in [2.75, 3.05) is 19.8 Å². The standard InChI is InChI=1S/C43H50O10/c1-5-48-41(46)37-38(42(47)49-6-2)53-43(52-37)35-23-25-36(26-24-35)51-40(45)34-21-19-33(20-22-34)32-17-15-31(16-18-32)30-13-11-29(12-14-30)10-8-7-9-27-50-39(44)28(3)4/h15-26,29-30,37-38,43H,3,5-14,27H2,1-2,4H3/t29?,30?,37-,38-/m1/s1. The summed E-state index contributed by atoms with van der Waals surface area (Å²) in [7, 11) is 0. The third-order valence-corrected chi connectivity index (χ3v) is 9.74. The Hall–Kier alpha value is -4.80. The minimum Gasteiger partial charge on any atom is -0.464 e. The molecule has 1 aliphatic heterocycles. The molecule has 0 spiro atoms. The van der Waals surface area contributed by atoms with Gasteiger partial charge in [0.05, 0.1) is 25.4 Å². The molecule has 1 saturated heterocycles. The lowest BCUT2D eigenvalue weighted by Crippen LogP contribution is -2.39. The Morgan fingerprint density at radius 3 is 1.77 bits per heavy atom. The summed E-state index contributed by atoms with van der Waals surface area (Å²) < 4.78 is 32.3. The van der Waals surface area contributed by atoms with Gasteiger partial charge in [-0.1, -0.05) is 74.4 Å². The van der Waals surface area contributed by atoms with Gasteiger partial charge in [0.15, 0.2) is 18.5 Å². The number of rotatable bonds is 16. The molecular weight excluding hydrogens is 676 g/mol. The van der Waals surface area contributed by atoms with Crippen molar-refractivity contribution in [1.82, 2.24) is 0 Å². The number of carbonyl (C=O) groups is 4. The Balaban J connectivity index is 1.07. The molecule has 10 heteroatoms. The zero-order chi connectivity index (χ0) is 37.7. The highest BCUT2D eigenvalue weighted by atomic mass is 16.8. The number of hydrogen-bond donors (Lipinski definition) is 0. The van der Waals surface area contributed by atoms with Crippen molar-refractivity contribution in [3.8, 4) is 16.9 Å². The van der Waals surface area contributed by atoms with E-state index >= 15 is 0 Å². The van der Waals surface area contributed by atoms with Gasteiger partial charge in [-0.25, -0.2) is 19.2 Å². The summed E-state index contributed by atoms with van der Waals surface area (Å²) in [6, 6.07) is 22.6. The van der Waals surface area contributed by atoms with Crippen LogP contribution in [0.2, 0.25) is 0 Å². The van der Waals surface area contributed by atoms with E-state index in [-0.39, 0.29) is 19.2 Å². The quantitative estimate of drug-likeness (QED) is 0.0467. The molecule has 0 amide bonds. The number of carbonyl (C=O) groups excluding carboxylic acids is 4. The molecule has 3 aromatic carbocycles. The van der Waals surface area contributed by atoms with Crippen LogP contribution in [0.5, 0.6) is 5.75 Å². The third-order valence-electron chi connectivity index (χ3n) is 9.74. The molecule has 1 aliphatic carbocycles. The molecular formula is C43H50O10. The van der Waals surface area contributed by atoms with E-state index < -0.39 is 36.4 Å². The first-order valence-corrected chi connectivity index (χ1v) is 18.7. The molecule has 282 valence electrons. The van der Waals surface area contributed by atoms with Crippen LogP contribution in [0, 0.1) is 5.92 Å². The van der Waals surface area contributed by atoms with Crippen molar-refractivity contribution >= 4 is 23.9 Å². The molecule has 0 unspecified atom stereocenters. The topological polar surface area (TPSA) is 124 Å². The maximum absolute atomic E-state index is 13.0. The van der Waals surface area contributed by atoms with Gasteiger partial charge in [0.2, 0.25) is 0 Å². The molecule has 53 heavy (non-hydrogen) atoms. The lowest BCUT2D eigenvalue weighted by Gasteiger charge is -2.29. The Morgan fingerprint density at radius 1 is 0.679 bits per heavy atom. The van der Waals surface area contributed by atoms with Gasteiger partial charge in [-0.15, -0.1) is 0 Å². The predicted octanol–water partition coefficient (Wildman–Crippen LogP) is 8.44. The smallest absolute Gasteiger partial charge is 0.343 e. The molecule has 0 aromatic heterocycles. The van der Waals surface area contributed by atoms with E-state index in [9.17, 15) is 19.2 Å². The van der Waals surface area contributed by atoms with Gasteiger partial charge in [0.1, 0.15) is 5.75 Å². The molecule has 10 nitrogen and oxygen atoms in total. The molecule has 3 aromatic rings. The van der Waals surface area contributed by atoms with Crippen molar-refractivity contribution in [3.05, 3.63) is 102 Å². The highest BCUT2D eigenvalue weighted by Gasteiger charge is 2.47. The fourth-order valence-electron chi connectivity index (χ4n) is 6.80. The van der Waals surface area contributed by atoms with Crippen LogP contribution < -0.4 is 4.74 Å². The zero-order valence-electron chi connectivity index (χ0n) is 30.9. The summed E-state index contributed by atoms with van der Waals surface area (Å²) in [5.41, 5.74) is 4.85. The van der Waals surface area contributed by atoms with E-state index in [1.807, 2.05) is 12.1 Å². The summed E-state index contributed by atoms with van der Waals surface area (Å²) in [5, 5.41) is 0. The molecule has 2 atom stereocenters. The highest BCUT2D eigenvalue weighted by Crippen LogP contribution is 2.38. The van der Waals surface area contributed by atoms with Crippen LogP contribution in [0.15, 0.2) is 84.9 Å². The summed E-state index contributed by atoms with van der Waals surface area (Å²) in [5.74, 6) is -0.563. The minimum absolute atomic E-state index is 0.125. The van der Waals surface area contributed by atoms with E-state index in [1.54, 1.807) is 57.2 Å². The van der Waals surface area contributed by atoms with Crippen LogP contribution in [-0.4, -0.2) is 55.9 Å². The van der Waals surface area contributed by atoms with E-state index in [2.05, 4.69) is 30.8 Å². The van der Waals surface area contributed by atoms with Crippen LogP contribution >= 0.6 is 0 Å². The SMILES string of the molecule is C=C(C)C(=O)OCCCCCC1CCC(c2ccc(-c3ccc(C(=O)Oc4ccc(C5O[C@@H](C(=O)OCC)[C@H](C(=O)OCC)O5)cc4)cc3)cc2)CC1. The molecule has 1 heterocycles. The van der Waals surface area contributed by atoms with Crippen molar-refractivity contribution < 1.29 is 47.6 Å². The third kappa shape index (κ3) is 10.9. The lowest BCUT2D eigenvalue weighted by atomic mass is 9.77.